The van der Waals surface area contributed by atoms with Gasteiger partial charge in [0.1, 0.15) is 11.6 Å². The van der Waals surface area contributed by atoms with Crippen LogP contribution in [-0.4, -0.2) is 33.0 Å². The monoisotopic (exact) mass is 318 g/mol. The summed E-state index contributed by atoms with van der Waals surface area (Å²) in [4.78, 5) is 12.0. The molecule has 0 saturated heterocycles. The van der Waals surface area contributed by atoms with Crippen molar-refractivity contribution < 1.29 is 9.53 Å². The second-order valence-corrected chi connectivity index (χ2v) is 5.89. The van der Waals surface area contributed by atoms with Crippen molar-refractivity contribution in [1.82, 2.24) is 14.8 Å². The molecule has 116 valence electrons. The Morgan fingerprint density at radius 2 is 2.18 bits per heavy atom. The molecule has 0 fully saturated rings. The molecule has 0 bridgehead atoms. The highest BCUT2D eigenvalue weighted by Crippen LogP contribution is 2.22. The van der Waals surface area contributed by atoms with Gasteiger partial charge in [0.2, 0.25) is 5.91 Å². The van der Waals surface area contributed by atoms with Crippen LogP contribution in [0.5, 0.6) is 5.75 Å². The third-order valence-electron chi connectivity index (χ3n) is 3.36. The molecule has 0 atom stereocenters. The Morgan fingerprint density at radius 1 is 1.36 bits per heavy atom. The molecule has 0 radical (unpaired) electrons. The number of aryl methyl sites for hydroxylation is 1. The number of nitrogens with one attached hydrogen (secondary N) is 1. The van der Waals surface area contributed by atoms with Crippen LogP contribution in [-0.2, 0) is 17.8 Å². The van der Waals surface area contributed by atoms with E-state index < -0.39 is 0 Å². The fourth-order valence-corrected chi connectivity index (χ4v) is 3.14. The molecule has 1 aliphatic heterocycles. The predicted octanol–water partition coefficient (Wildman–Crippen LogP) is 2.35. The van der Waals surface area contributed by atoms with E-state index in [0.29, 0.717) is 12.4 Å². The molecule has 1 amide bonds. The number of thioether (sulfide) groups is 1. The number of nitrogens with zero attached hydrogens (tertiary/aromatic N) is 3. The molecule has 2 heterocycles. The van der Waals surface area contributed by atoms with Gasteiger partial charge in [0.15, 0.2) is 5.16 Å². The van der Waals surface area contributed by atoms with Crippen molar-refractivity contribution >= 4 is 23.4 Å². The average molecular weight is 318 g/mol. The standard InChI is InChI=1S/C15H18N4O2S/c1-2-21-12-7-5-11(6-8-12)16-14(20)10-22-15-18-17-13-4-3-9-19(13)15/h5-8H,2-4,9-10H2,1H3,(H,16,20). The lowest BCUT2D eigenvalue weighted by Gasteiger charge is -2.07. The molecule has 1 aliphatic rings. The summed E-state index contributed by atoms with van der Waals surface area (Å²) in [6, 6.07) is 7.36. The summed E-state index contributed by atoms with van der Waals surface area (Å²) in [5.74, 6) is 2.10. The molecule has 0 aliphatic carbocycles. The van der Waals surface area contributed by atoms with Crippen molar-refractivity contribution in [2.24, 2.45) is 0 Å². The van der Waals surface area contributed by atoms with E-state index in [4.69, 9.17) is 4.74 Å². The first-order valence-corrected chi connectivity index (χ1v) is 8.32. The van der Waals surface area contributed by atoms with Gasteiger partial charge in [-0.25, -0.2) is 0 Å². The fraction of sp³-hybridized carbons (Fsp3) is 0.400. The van der Waals surface area contributed by atoms with Crippen molar-refractivity contribution in [1.29, 1.82) is 0 Å². The summed E-state index contributed by atoms with van der Waals surface area (Å²) in [6.07, 6.45) is 2.09. The average Bonchev–Trinajstić information content (AvgIpc) is 3.11. The van der Waals surface area contributed by atoms with Gasteiger partial charge in [-0.2, -0.15) is 0 Å². The van der Waals surface area contributed by atoms with E-state index in [9.17, 15) is 4.79 Å². The van der Waals surface area contributed by atoms with Crippen LogP contribution in [0.2, 0.25) is 0 Å². The lowest BCUT2D eigenvalue weighted by atomic mass is 10.3. The first-order chi connectivity index (χ1) is 10.8. The lowest BCUT2D eigenvalue weighted by molar-refractivity contribution is -0.113. The SMILES string of the molecule is CCOc1ccc(NC(=O)CSc2nnc3n2CCC3)cc1. The number of carbonyl (C=O) groups excluding carboxylic acids is 1. The van der Waals surface area contributed by atoms with Crippen molar-refractivity contribution in [3.63, 3.8) is 0 Å². The van der Waals surface area contributed by atoms with E-state index in [-0.39, 0.29) is 5.91 Å². The quantitative estimate of drug-likeness (QED) is 0.828. The highest BCUT2D eigenvalue weighted by atomic mass is 32.2. The van der Waals surface area contributed by atoms with E-state index in [1.54, 1.807) is 0 Å². The Balaban J connectivity index is 1.51. The molecule has 1 N–H and O–H groups in total. The molecule has 0 spiro atoms. The van der Waals surface area contributed by atoms with Crippen LogP contribution in [0.4, 0.5) is 5.69 Å². The first kappa shape index (κ1) is 14.9. The molecule has 0 saturated carbocycles. The zero-order valence-electron chi connectivity index (χ0n) is 12.4. The Bertz CT molecular complexity index is 654. The highest BCUT2D eigenvalue weighted by molar-refractivity contribution is 7.99. The number of hydrogen-bond donors (Lipinski definition) is 1. The minimum Gasteiger partial charge on any atom is -0.494 e. The number of benzene rings is 1. The summed E-state index contributed by atoms with van der Waals surface area (Å²) in [5, 5.41) is 12.0. The molecule has 7 heteroatoms. The largest absolute Gasteiger partial charge is 0.494 e. The predicted molar refractivity (Wildman–Crippen MR) is 85.3 cm³/mol. The molecule has 3 rings (SSSR count). The number of aromatic nitrogens is 3. The van der Waals surface area contributed by atoms with Crippen LogP contribution in [0, 0.1) is 0 Å². The third-order valence-corrected chi connectivity index (χ3v) is 4.32. The Hall–Kier alpha value is -2.02. The van der Waals surface area contributed by atoms with Gasteiger partial charge in [-0.3, -0.25) is 4.79 Å². The molecule has 1 aromatic heterocycles. The number of rotatable bonds is 6. The van der Waals surface area contributed by atoms with Crippen LogP contribution in [0.15, 0.2) is 29.4 Å². The Kier molecular flexibility index (Phi) is 4.62. The minimum absolute atomic E-state index is 0.0514. The van der Waals surface area contributed by atoms with Crippen LogP contribution in [0.25, 0.3) is 0 Å². The van der Waals surface area contributed by atoms with Gasteiger partial charge >= 0.3 is 0 Å². The third kappa shape index (κ3) is 3.41. The van der Waals surface area contributed by atoms with E-state index in [0.717, 1.165) is 41.8 Å². The lowest BCUT2D eigenvalue weighted by Crippen LogP contribution is -2.14. The fourth-order valence-electron chi connectivity index (χ4n) is 2.36. The van der Waals surface area contributed by atoms with Crippen molar-refractivity contribution in [2.45, 2.75) is 31.5 Å². The van der Waals surface area contributed by atoms with Gasteiger partial charge in [0.05, 0.1) is 12.4 Å². The minimum atomic E-state index is -0.0514. The van der Waals surface area contributed by atoms with E-state index in [1.165, 1.54) is 11.8 Å². The summed E-state index contributed by atoms with van der Waals surface area (Å²) in [5.41, 5.74) is 0.764. The summed E-state index contributed by atoms with van der Waals surface area (Å²) >= 11 is 1.42. The van der Waals surface area contributed by atoms with Gasteiger partial charge in [0, 0.05) is 18.7 Å². The smallest absolute Gasteiger partial charge is 0.234 e. The molecule has 0 unspecified atom stereocenters. The van der Waals surface area contributed by atoms with Gasteiger partial charge in [-0.15, -0.1) is 10.2 Å². The van der Waals surface area contributed by atoms with Crippen molar-refractivity contribution in [2.75, 3.05) is 17.7 Å². The van der Waals surface area contributed by atoms with Crippen molar-refractivity contribution in [3.05, 3.63) is 30.1 Å². The van der Waals surface area contributed by atoms with Crippen LogP contribution in [0.3, 0.4) is 0 Å². The molecule has 1 aromatic carbocycles. The summed E-state index contributed by atoms with van der Waals surface area (Å²) < 4.78 is 7.46. The number of ether oxygens (including phenoxy) is 1. The second-order valence-electron chi connectivity index (χ2n) is 4.95. The maximum atomic E-state index is 12.0. The van der Waals surface area contributed by atoms with Gasteiger partial charge in [-0.05, 0) is 37.6 Å². The van der Waals surface area contributed by atoms with Crippen molar-refractivity contribution in [3.8, 4) is 5.75 Å². The highest BCUT2D eigenvalue weighted by Gasteiger charge is 2.18. The normalized spacial score (nSPS) is 13.0. The Morgan fingerprint density at radius 3 is 2.95 bits per heavy atom. The number of fused-ring (bicyclic) bond motifs is 1. The van der Waals surface area contributed by atoms with Gasteiger partial charge < -0.3 is 14.6 Å². The molecular weight excluding hydrogens is 300 g/mol. The first-order valence-electron chi connectivity index (χ1n) is 7.34. The van der Waals surface area contributed by atoms with Gasteiger partial charge in [0.25, 0.3) is 0 Å². The molecule has 2 aromatic rings. The Labute approximate surface area is 133 Å². The van der Waals surface area contributed by atoms with Crippen LogP contribution in [0.1, 0.15) is 19.2 Å². The van der Waals surface area contributed by atoms with Crippen LogP contribution >= 0.6 is 11.8 Å². The van der Waals surface area contributed by atoms with E-state index in [1.807, 2.05) is 31.2 Å². The van der Waals surface area contributed by atoms with Gasteiger partial charge in [-0.1, -0.05) is 11.8 Å². The molecule has 22 heavy (non-hydrogen) atoms. The zero-order valence-corrected chi connectivity index (χ0v) is 13.2. The second kappa shape index (κ2) is 6.83. The van der Waals surface area contributed by atoms with E-state index in [2.05, 4.69) is 20.1 Å². The summed E-state index contributed by atoms with van der Waals surface area (Å²) in [7, 11) is 0. The number of anilines is 1. The molecule has 6 nitrogen and oxygen atoms in total. The van der Waals surface area contributed by atoms with Crippen LogP contribution < -0.4 is 10.1 Å². The zero-order chi connectivity index (χ0) is 15.4. The molecular formula is C15H18N4O2S. The van der Waals surface area contributed by atoms with E-state index >= 15 is 0 Å². The topological polar surface area (TPSA) is 69.0 Å². The number of carbonyl (C=O) groups is 1. The number of amides is 1. The summed E-state index contributed by atoms with van der Waals surface area (Å²) in [6.45, 7) is 3.52. The maximum Gasteiger partial charge on any atom is 0.234 e. The maximum absolute atomic E-state index is 12.0. The number of hydrogen-bond acceptors (Lipinski definition) is 5.